The first-order valence-electron chi connectivity index (χ1n) is 6.24. The second-order valence-electron chi connectivity index (χ2n) is 4.70. The molecule has 0 fully saturated rings. The van der Waals surface area contributed by atoms with Crippen molar-refractivity contribution in [1.82, 2.24) is 9.97 Å². The van der Waals surface area contributed by atoms with Crippen LogP contribution in [0.15, 0.2) is 46.0 Å². The summed E-state index contributed by atoms with van der Waals surface area (Å²) in [6.07, 6.45) is 1.59. The van der Waals surface area contributed by atoms with Crippen LogP contribution in [0.4, 0.5) is 5.82 Å². The number of hydrogen-bond acceptors (Lipinski definition) is 4. The molecule has 0 radical (unpaired) electrons. The normalized spacial score (nSPS) is 13.6. The quantitative estimate of drug-likeness (QED) is 0.712. The molecule has 0 saturated heterocycles. The number of fused-ring (bicyclic) bond motifs is 2. The van der Waals surface area contributed by atoms with Crippen molar-refractivity contribution in [3.63, 3.8) is 0 Å². The highest BCUT2D eigenvalue weighted by Gasteiger charge is 2.30. The molecule has 6 heteroatoms. The lowest BCUT2D eigenvalue weighted by molar-refractivity contribution is 0.107. The third-order valence-electron chi connectivity index (χ3n) is 3.44. The molecule has 0 saturated carbocycles. The van der Waals surface area contributed by atoms with Crippen LogP contribution in [0.3, 0.4) is 0 Å². The van der Waals surface area contributed by atoms with Gasteiger partial charge in [-0.3, -0.25) is 4.79 Å². The van der Waals surface area contributed by atoms with E-state index >= 15 is 0 Å². The van der Waals surface area contributed by atoms with Crippen LogP contribution in [-0.2, 0) is 0 Å². The largest absolute Gasteiger partial charge is 0.494 e. The van der Waals surface area contributed by atoms with E-state index < -0.39 is 0 Å². The number of rotatable bonds is 1. The van der Waals surface area contributed by atoms with Gasteiger partial charge in [0.05, 0.1) is 11.1 Å². The van der Waals surface area contributed by atoms with Crippen molar-refractivity contribution in [2.45, 2.75) is 0 Å². The topological polar surface area (TPSA) is 78.3 Å². The summed E-state index contributed by atoms with van der Waals surface area (Å²) >= 11 is 3.40. The van der Waals surface area contributed by atoms with Crippen LogP contribution in [0.25, 0.3) is 10.9 Å². The zero-order valence-electron chi connectivity index (χ0n) is 10.6. The van der Waals surface area contributed by atoms with Crippen LogP contribution < -0.4 is 0 Å². The minimum absolute atomic E-state index is 0.0667. The standard InChI is InChI=1S/C15H8BrN3O2/c16-7-3-4-10-9(6-7)11(15(21)18-10)12-13(20)8-2-1-5-17-14(8)19-12/h1-6,18,21H. The monoisotopic (exact) mass is 341 g/mol. The van der Waals surface area contributed by atoms with Crippen LogP contribution >= 0.6 is 15.9 Å². The van der Waals surface area contributed by atoms with E-state index in [2.05, 4.69) is 30.9 Å². The molecule has 102 valence electrons. The highest BCUT2D eigenvalue weighted by atomic mass is 79.9. The van der Waals surface area contributed by atoms with Gasteiger partial charge in [0.25, 0.3) is 0 Å². The molecule has 0 unspecified atom stereocenters. The molecule has 1 aromatic carbocycles. The first-order chi connectivity index (χ1) is 10.1. The van der Waals surface area contributed by atoms with E-state index in [1.165, 1.54) is 0 Å². The fourth-order valence-corrected chi connectivity index (χ4v) is 2.87. The summed E-state index contributed by atoms with van der Waals surface area (Å²) in [6, 6.07) is 8.90. The van der Waals surface area contributed by atoms with Crippen molar-refractivity contribution in [1.29, 1.82) is 0 Å². The second kappa shape index (κ2) is 4.26. The number of nitrogens with zero attached hydrogens (tertiary/aromatic N) is 2. The molecule has 5 nitrogen and oxygen atoms in total. The van der Waals surface area contributed by atoms with Crippen molar-refractivity contribution in [3.8, 4) is 5.88 Å². The Hall–Kier alpha value is -2.47. The minimum atomic E-state index is -0.228. The van der Waals surface area contributed by atoms with E-state index in [0.717, 1.165) is 15.4 Å². The molecular formula is C15H8BrN3O2. The Balaban J connectivity index is 1.99. The maximum absolute atomic E-state index is 12.5. The fraction of sp³-hybridized carbons (Fsp3) is 0. The van der Waals surface area contributed by atoms with E-state index in [1.807, 2.05) is 18.2 Å². The molecule has 21 heavy (non-hydrogen) atoms. The molecule has 0 spiro atoms. The van der Waals surface area contributed by atoms with Crippen LogP contribution in [-0.4, -0.2) is 26.6 Å². The molecule has 2 aromatic heterocycles. The number of pyridine rings is 1. The van der Waals surface area contributed by atoms with Crippen LogP contribution in [0.1, 0.15) is 15.9 Å². The van der Waals surface area contributed by atoms with Gasteiger partial charge in [0.2, 0.25) is 5.78 Å². The van der Waals surface area contributed by atoms with Gasteiger partial charge in [0.1, 0.15) is 5.71 Å². The molecule has 1 aliphatic heterocycles. The van der Waals surface area contributed by atoms with Gasteiger partial charge < -0.3 is 10.1 Å². The number of hydrogen-bond donors (Lipinski definition) is 2. The van der Waals surface area contributed by atoms with Gasteiger partial charge in [-0.25, -0.2) is 9.98 Å². The van der Waals surface area contributed by atoms with Gasteiger partial charge >= 0.3 is 0 Å². The Morgan fingerprint density at radius 1 is 1.24 bits per heavy atom. The number of carbonyl (C=O) groups excluding carboxylic acids is 1. The first kappa shape index (κ1) is 12.3. The predicted octanol–water partition coefficient (Wildman–Crippen LogP) is 3.35. The third-order valence-corrected chi connectivity index (χ3v) is 3.93. The third kappa shape index (κ3) is 1.72. The summed E-state index contributed by atoms with van der Waals surface area (Å²) in [6.45, 7) is 0. The number of carbonyl (C=O) groups is 1. The van der Waals surface area contributed by atoms with Gasteiger partial charge in [-0.15, -0.1) is 0 Å². The molecule has 0 atom stereocenters. The fourth-order valence-electron chi connectivity index (χ4n) is 2.51. The Morgan fingerprint density at radius 2 is 2.10 bits per heavy atom. The number of aromatic hydroxyl groups is 1. The van der Waals surface area contributed by atoms with E-state index in [9.17, 15) is 9.90 Å². The van der Waals surface area contributed by atoms with Crippen molar-refractivity contribution in [2.75, 3.05) is 0 Å². The number of aromatic nitrogens is 2. The Labute approximate surface area is 127 Å². The summed E-state index contributed by atoms with van der Waals surface area (Å²) in [5, 5.41) is 10.9. The van der Waals surface area contributed by atoms with E-state index in [4.69, 9.17) is 0 Å². The lowest BCUT2D eigenvalue weighted by Gasteiger charge is -1.99. The highest BCUT2D eigenvalue weighted by Crippen LogP contribution is 2.35. The maximum Gasteiger partial charge on any atom is 0.216 e. The van der Waals surface area contributed by atoms with Crippen LogP contribution in [0, 0.1) is 0 Å². The van der Waals surface area contributed by atoms with Gasteiger partial charge in [-0.05, 0) is 30.3 Å². The number of aliphatic imine (C=N–C) groups is 1. The van der Waals surface area contributed by atoms with Gasteiger partial charge in [0.15, 0.2) is 11.7 Å². The predicted molar refractivity (Wildman–Crippen MR) is 82.4 cm³/mol. The lowest BCUT2D eigenvalue weighted by atomic mass is 10.0. The molecule has 0 aliphatic carbocycles. The van der Waals surface area contributed by atoms with Crippen molar-refractivity contribution in [2.24, 2.45) is 4.99 Å². The van der Waals surface area contributed by atoms with Gasteiger partial charge in [-0.1, -0.05) is 15.9 Å². The molecule has 0 amide bonds. The van der Waals surface area contributed by atoms with Crippen molar-refractivity contribution < 1.29 is 9.90 Å². The maximum atomic E-state index is 12.5. The van der Waals surface area contributed by atoms with E-state index in [1.54, 1.807) is 18.3 Å². The number of nitrogens with one attached hydrogen (secondary N) is 1. The Morgan fingerprint density at radius 3 is 2.90 bits per heavy atom. The number of ketones is 1. The smallest absolute Gasteiger partial charge is 0.216 e. The Bertz CT molecular complexity index is 943. The molecule has 3 aromatic rings. The molecule has 3 heterocycles. The molecule has 2 N–H and O–H groups in total. The molecule has 4 rings (SSSR count). The first-order valence-corrected chi connectivity index (χ1v) is 7.03. The molecule has 0 bridgehead atoms. The number of aromatic amines is 1. The van der Waals surface area contributed by atoms with E-state index in [0.29, 0.717) is 16.9 Å². The average Bonchev–Trinajstić information content (AvgIpc) is 2.96. The number of Topliss-reactive ketones (excluding diaryl/α,β-unsaturated/α-hetero) is 1. The zero-order valence-corrected chi connectivity index (χ0v) is 12.2. The lowest BCUT2D eigenvalue weighted by Crippen LogP contribution is -2.10. The van der Waals surface area contributed by atoms with Crippen molar-refractivity contribution >= 4 is 44.1 Å². The summed E-state index contributed by atoms with van der Waals surface area (Å²) in [7, 11) is 0. The SMILES string of the molecule is O=C1C(c2c(O)[nH]c3ccc(Br)cc23)=Nc2ncccc21. The number of H-pyrrole nitrogens is 1. The van der Waals surface area contributed by atoms with Gasteiger partial charge in [0, 0.05) is 21.6 Å². The molecular weight excluding hydrogens is 334 g/mol. The average molecular weight is 342 g/mol. The van der Waals surface area contributed by atoms with Crippen molar-refractivity contribution in [3.05, 3.63) is 52.1 Å². The second-order valence-corrected chi connectivity index (χ2v) is 5.62. The number of halogens is 1. The van der Waals surface area contributed by atoms with Crippen LogP contribution in [0.5, 0.6) is 5.88 Å². The van der Waals surface area contributed by atoms with E-state index in [-0.39, 0.29) is 17.4 Å². The zero-order chi connectivity index (χ0) is 14.6. The molecule has 1 aliphatic rings. The summed E-state index contributed by atoms with van der Waals surface area (Å²) in [5.74, 6) is 0.0959. The van der Waals surface area contributed by atoms with Gasteiger partial charge in [-0.2, -0.15) is 0 Å². The Kier molecular flexibility index (Phi) is 2.49. The summed E-state index contributed by atoms with van der Waals surface area (Å²) in [5.41, 5.74) is 1.82. The highest BCUT2D eigenvalue weighted by molar-refractivity contribution is 9.10. The van der Waals surface area contributed by atoms with Crippen LogP contribution in [0.2, 0.25) is 0 Å². The summed E-state index contributed by atoms with van der Waals surface area (Å²) in [4.78, 5) is 23.7. The summed E-state index contributed by atoms with van der Waals surface area (Å²) < 4.78 is 0.858. The number of benzene rings is 1. The minimum Gasteiger partial charge on any atom is -0.494 e.